The molecule has 1 rings (SSSR count). The average molecular weight is 383 g/mol. The summed E-state index contributed by atoms with van der Waals surface area (Å²) >= 11 is 0. The summed E-state index contributed by atoms with van der Waals surface area (Å²) in [6.45, 7) is 23.3. The molecule has 0 saturated carbocycles. The highest BCUT2D eigenvalue weighted by atomic mass is 14.2. The molecule has 0 radical (unpaired) electrons. The van der Waals surface area contributed by atoms with Gasteiger partial charge in [-0.1, -0.05) is 86.8 Å². The summed E-state index contributed by atoms with van der Waals surface area (Å²) in [6.07, 6.45) is 19.1. The van der Waals surface area contributed by atoms with Crippen LogP contribution in [-0.2, 0) is 0 Å². The summed E-state index contributed by atoms with van der Waals surface area (Å²) in [5.74, 6) is 0.555. The van der Waals surface area contributed by atoms with E-state index < -0.39 is 0 Å². The molecule has 1 atom stereocenters. The minimum absolute atomic E-state index is 0.555. The highest BCUT2D eigenvalue weighted by Gasteiger charge is 2.14. The molecule has 0 nitrogen and oxygen atoms in total. The molecule has 0 heteroatoms. The van der Waals surface area contributed by atoms with Gasteiger partial charge in [-0.3, -0.25) is 0 Å². The van der Waals surface area contributed by atoms with Gasteiger partial charge in [0.05, 0.1) is 0 Å². The largest absolute Gasteiger partial charge is 0.100 e. The Hall–Kier alpha value is -1.56. The lowest BCUT2D eigenvalue weighted by atomic mass is 9.84. The summed E-state index contributed by atoms with van der Waals surface area (Å²) in [5, 5.41) is 0. The molecular formula is C28H46. The molecule has 0 saturated heterocycles. The van der Waals surface area contributed by atoms with Crippen LogP contribution >= 0.6 is 0 Å². The summed E-state index contributed by atoms with van der Waals surface area (Å²) in [5.41, 5.74) is 8.39. The van der Waals surface area contributed by atoms with Gasteiger partial charge in [0.25, 0.3) is 0 Å². The van der Waals surface area contributed by atoms with Crippen molar-refractivity contribution in [2.75, 3.05) is 0 Å². The molecule has 1 unspecified atom stereocenters. The molecule has 0 amide bonds. The van der Waals surface area contributed by atoms with E-state index in [4.69, 9.17) is 0 Å². The SMILES string of the molecule is C=C(C)CC.C=C1C=C(C/C=C(\C)CCC=C(C)C)C(C)C=C1CCCCC. The lowest BCUT2D eigenvalue weighted by Gasteiger charge is -2.21. The molecular weight excluding hydrogens is 336 g/mol. The van der Waals surface area contributed by atoms with Crippen molar-refractivity contribution < 1.29 is 0 Å². The number of rotatable bonds is 10. The van der Waals surface area contributed by atoms with Gasteiger partial charge in [-0.2, -0.15) is 0 Å². The van der Waals surface area contributed by atoms with E-state index in [1.165, 1.54) is 65.5 Å². The lowest BCUT2D eigenvalue weighted by Crippen LogP contribution is -2.05. The summed E-state index contributed by atoms with van der Waals surface area (Å²) in [4.78, 5) is 0. The van der Waals surface area contributed by atoms with Crippen LogP contribution in [0.15, 0.2) is 70.9 Å². The molecule has 0 bridgehead atoms. The first-order valence-corrected chi connectivity index (χ1v) is 11.2. The normalized spacial score (nSPS) is 16.6. The predicted octanol–water partition coefficient (Wildman–Crippen LogP) is 9.68. The minimum atomic E-state index is 0.555. The van der Waals surface area contributed by atoms with Crippen LogP contribution in [0.3, 0.4) is 0 Å². The fraction of sp³-hybridized carbons (Fsp3) is 0.571. The van der Waals surface area contributed by atoms with Crippen molar-refractivity contribution in [1.82, 2.24) is 0 Å². The van der Waals surface area contributed by atoms with Gasteiger partial charge >= 0.3 is 0 Å². The van der Waals surface area contributed by atoms with Gasteiger partial charge in [-0.25, -0.2) is 0 Å². The lowest BCUT2D eigenvalue weighted by molar-refractivity contribution is 0.705. The van der Waals surface area contributed by atoms with Crippen LogP contribution in [0.5, 0.6) is 0 Å². The number of allylic oxidation sites excluding steroid dienone is 10. The quantitative estimate of drug-likeness (QED) is 0.260. The molecule has 0 heterocycles. The molecule has 0 aromatic rings. The van der Waals surface area contributed by atoms with Crippen molar-refractivity contribution in [3.63, 3.8) is 0 Å². The molecule has 0 aromatic carbocycles. The van der Waals surface area contributed by atoms with Gasteiger partial charge < -0.3 is 0 Å². The molecule has 0 N–H and O–H groups in total. The molecule has 0 spiro atoms. The zero-order chi connectivity index (χ0) is 21.5. The topological polar surface area (TPSA) is 0 Å². The van der Waals surface area contributed by atoms with Crippen molar-refractivity contribution in [1.29, 1.82) is 0 Å². The van der Waals surface area contributed by atoms with Crippen molar-refractivity contribution in [3.8, 4) is 0 Å². The van der Waals surface area contributed by atoms with E-state index in [0.717, 1.165) is 19.3 Å². The zero-order valence-corrected chi connectivity index (χ0v) is 20.0. The Balaban J connectivity index is 0.00000129. The molecule has 0 fully saturated rings. The van der Waals surface area contributed by atoms with Crippen molar-refractivity contribution in [2.24, 2.45) is 5.92 Å². The van der Waals surface area contributed by atoms with Crippen LogP contribution in [0.2, 0.25) is 0 Å². The van der Waals surface area contributed by atoms with Gasteiger partial charge in [-0.15, -0.1) is 6.58 Å². The maximum absolute atomic E-state index is 4.28. The highest BCUT2D eigenvalue weighted by molar-refractivity contribution is 5.45. The first kappa shape index (κ1) is 26.4. The van der Waals surface area contributed by atoms with E-state index in [2.05, 4.69) is 79.0 Å². The van der Waals surface area contributed by atoms with Gasteiger partial charge in [0.15, 0.2) is 0 Å². The number of unbranched alkanes of at least 4 members (excludes halogenated alkanes) is 2. The van der Waals surface area contributed by atoms with Crippen molar-refractivity contribution in [2.45, 2.75) is 99.8 Å². The second-order valence-corrected chi connectivity index (χ2v) is 8.57. The van der Waals surface area contributed by atoms with E-state index in [0.29, 0.717) is 5.92 Å². The molecule has 0 aliphatic heterocycles. The number of hydrogen-bond acceptors (Lipinski definition) is 0. The van der Waals surface area contributed by atoms with Gasteiger partial charge in [0.1, 0.15) is 0 Å². The van der Waals surface area contributed by atoms with Crippen LogP contribution in [0, 0.1) is 5.92 Å². The van der Waals surface area contributed by atoms with Gasteiger partial charge in [0, 0.05) is 0 Å². The van der Waals surface area contributed by atoms with Crippen LogP contribution in [0.25, 0.3) is 0 Å². The Morgan fingerprint density at radius 3 is 2.25 bits per heavy atom. The van der Waals surface area contributed by atoms with Crippen LogP contribution < -0.4 is 0 Å². The third-order valence-corrected chi connectivity index (χ3v) is 5.24. The van der Waals surface area contributed by atoms with Crippen molar-refractivity contribution >= 4 is 0 Å². The third-order valence-electron chi connectivity index (χ3n) is 5.24. The second kappa shape index (κ2) is 15.4. The fourth-order valence-corrected chi connectivity index (χ4v) is 3.00. The Morgan fingerprint density at radius 2 is 1.71 bits per heavy atom. The van der Waals surface area contributed by atoms with E-state index in [9.17, 15) is 0 Å². The first-order chi connectivity index (χ1) is 13.2. The monoisotopic (exact) mass is 382 g/mol. The Bertz CT molecular complexity index is 600. The summed E-state index contributed by atoms with van der Waals surface area (Å²) in [7, 11) is 0. The van der Waals surface area contributed by atoms with Gasteiger partial charge in [0.2, 0.25) is 0 Å². The maximum Gasteiger partial charge on any atom is -0.00392 e. The molecule has 1 aliphatic rings. The average Bonchev–Trinajstić information content (AvgIpc) is 2.63. The van der Waals surface area contributed by atoms with Crippen LogP contribution in [-0.4, -0.2) is 0 Å². The van der Waals surface area contributed by atoms with Gasteiger partial charge in [-0.05, 0) is 83.3 Å². The van der Waals surface area contributed by atoms with E-state index in [1.54, 1.807) is 0 Å². The Labute approximate surface area is 176 Å². The second-order valence-electron chi connectivity index (χ2n) is 8.57. The maximum atomic E-state index is 4.28. The summed E-state index contributed by atoms with van der Waals surface area (Å²) < 4.78 is 0. The zero-order valence-electron chi connectivity index (χ0n) is 20.0. The smallest absolute Gasteiger partial charge is 0.00392 e. The van der Waals surface area contributed by atoms with E-state index >= 15 is 0 Å². The Kier molecular flexibility index (Phi) is 14.5. The molecule has 28 heavy (non-hydrogen) atoms. The molecule has 0 aromatic heterocycles. The van der Waals surface area contributed by atoms with E-state index in [-0.39, 0.29) is 0 Å². The molecule has 158 valence electrons. The standard InChI is InChI=1S/C23H36.C5H10/c1-7-8-9-13-22-16-21(6)23(17-20(22)5)15-14-19(4)12-10-11-18(2)3;1-4-5(2)3/h11,14,16-17,21H,5,7-10,12-13,15H2,1-4,6H3;2,4H2,1,3H3/b19-14+;. The first-order valence-electron chi connectivity index (χ1n) is 11.2. The van der Waals surface area contributed by atoms with Crippen molar-refractivity contribution in [3.05, 3.63) is 70.9 Å². The predicted molar refractivity (Wildman–Crippen MR) is 131 cm³/mol. The van der Waals surface area contributed by atoms with E-state index in [1.807, 2.05) is 6.92 Å². The fourth-order valence-electron chi connectivity index (χ4n) is 3.00. The Morgan fingerprint density at radius 1 is 1.07 bits per heavy atom. The van der Waals surface area contributed by atoms with Crippen LogP contribution in [0.4, 0.5) is 0 Å². The summed E-state index contributed by atoms with van der Waals surface area (Å²) in [6, 6.07) is 0. The van der Waals surface area contributed by atoms with Crippen LogP contribution in [0.1, 0.15) is 99.8 Å². The number of hydrogen-bond donors (Lipinski definition) is 0. The highest BCUT2D eigenvalue weighted by Crippen LogP contribution is 2.31. The minimum Gasteiger partial charge on any atom is -0.100 e. The molecule has 1 aliphatic carbocycles. The third kappa shape index (κ3) is 12.8.